The van der Waals surface area contributed by atoms with Crippen LogP contribution in [0.2, 0.25) is 0 Å². The van der Waals surface area contributed by atoms with E-state index >= 15 is 0 Å². The molecule has 8 heteroatoms. The van der Waals surface area contributed by atoms with Gasteiger partial charge in [-0.25, -0.2) is 9.97 Å². The van der Waals surface area contributed by atoms with Crippen molar-refractivity contribution in [3.63, 3.8) is 0 Å². The Kier molecular flexibility index (Phi) is 4.38. The predicted octanol–water partition coefficient (Wildman–Crippen LogP) is 3.11. The van der Waals surface area contributed by atoms with Crippen LogP contribution < -0.4 is 4.90 Å². The van der Waals surface area contributed by atoms with Crippen molar-refractivity contribution in [3.05, 3.63) is 23.5 Å². The van der Waals surface area contributed by atoms with Crippen LogP contribution in [0.4, 0.5) is 5.69 Å². The number of carbonyl (C=O) groups excluding carboxylic acids is 1. The maximum atomic E-state index is 13.1. The van der Waals surface area contributed by atoms with Crippen LogP contribution in [0.1, 0.15) is 37.4 Å². The number of hydrogen-bond donors (Lipinski definition) is 2. The number of anilines is 1. The Balaban J connectivity index is 1.26. The van der Waals surface area contributed by atoms with Crippen LogP contribution in [-0.2, 0) is 22.4 Å². The average molecular weight is 421 g/mol. The van der Waals surface area contributed by atoms with Crippen LogP contribution >= 0.6 is 0 Å². The summed E-state index contributed by atoms with van der Waals surface area (Å²) in [6.07, 6.45) is 7.15. The lowest BCUT2D eigenvalue weighted by Crippen LogP contribution is -2.37. The van der Waals surface area contributed by atoms with E-state index in [2.05, 4.69) is 20.2 Å². The molecule has 162 valence electrons. The number of rotatable bonds is 4. The molecule has 0 radical (unpaired) electrons. The third-order valence-electron chi connectivity index (χ3n) is 7.58. The number of pyridine rings is 1. The molecule has 1 amide bonds. The summed E-state index contributed by atoms with van der Waals surface area (Å²) in [5.74, 6) is 2.85. The Morgan fingerprint density at radius 3 is 2.90 bits per heavy atom. The highest BCUT2D eigenvalue weighted by molar-refractivity contribution is 5.95. The minimum Gasteiger partial charge on any atom is -0.381 e. The molecule has 3 aromatic rings. The summed E-state index contributed by atoms with van der Waals surface area (Å²) in [5, 5.41) is 7.78. The van der Waals surface area contributed by atoms with E-state index in [9.17, 15) is 4.79 Å². The molecule has 3 aliphatic rings. The van der Waals surface area contributed by atoms with E-state index < -0.39 is 0 Å². The zero-order valence-electron chi connectivity index (χ0n) is 18.0. The first-order valence-corrected chi connectivity index (χ1v) is 11.4. The minimum absolute atomic E-state index is 0.0406. The van der Waals surface area contributed by atoms with Crippen molar-refractivity contribution in [2.75, 3.05) is 25.2 Å². The van der Waals surface area contributed by atoms with Crippen molar-refractivity contribution in [1.29, 1.82) is 0 Å². The summed E-state index contributed by atoms with van der Waals surface area (Å²) >= 11 is 0. The summed E-state index contributed by atoms with van der Waals surface area (Å²) in [5.41, 5.74) is 5.71. The maximum Gasteiger partial charge on any atom is 0.229 e. The molecule has 2 aliphatic carbocycles. The lowest BCUT2D eigenvalue weighted by atomic mass is 9.86. The fourth-order valence-corrected chi connectivity index (χ4v) is 5.35. The number of amides is 1. The van der Waals surface area contributed by atoms with Crippen molar-refractivity contribution in [2.24, 2.45) is 23.7 Å². The van der Waals surface area contributed by atoms with E-state index in [1.807, 2.05) is 20.0 Å². The molecular formula is C23H28N6O2. The zero-order chi connectivity index (χ0) is 21.1. The molecule has 6 rings (SSSR count). The molecule has 2 fully saturated rings. The van der Waals surface area contributed by atoms with E-state index in [4.69, 9.17) is 9.72 Å². The molecule has 4 heterocycles. The number of aromatic amines is 2. The molecule has 1 saturated heterocycles. The van der Waals surface area contributed by atoms with E-state index in [1.165, 1.54) is 17.7 Å². The van der Waals surface area contributed by atoms with Gasteiger partial charge in [0.05, 0.1) is 11.9 Å². The molecule has 0 bridgehead atoms. The van der Waals surface area contributed by atoms with Gasteiger partial charge in [-0.15, -0.1) is 0 Å². The number of fused-ring (bicyclic) bond motifs is 3. The van der Waals surface area contributed by atoms with Crippen molar-refractivity contribution in [1.82, 2.24) is 25.1 Å². The number of nitrogens with zero attached hydrogens (tertiary/aromatic N) is 4. The SMILES string of the molecule is C[C@@H](C(=O)N(C)c1cnc2[nH]c(-c3n[nH]c4c3CC3CC3C4)nc2c1)C1CCOCC1. The molecule has 8 nitrogen and oxygen atoms in total. The number of nitrogens with one attached hydrogen (secondary N) is 2. The highest BCUT2D eigenvalue weighted by Gasteiger charge is 2.43. The van der Waals surface area contributed by atoms with Gasteiger partial charge in [0.15, 0.2) is 11.5 Å². The van der Waals surface area contributed by atoms with Gasteiger partial charge in [-0.1, -0.05) is 6.92 Å². The van der Waals surface area contributed by atoms with Crippen LogP contribution in [0.25, 0.3) is 22.7 Å². The van der Waals surface area contributed by atoms with Gasteiger partial charge in [0.25, 0.3) is 0 Å². The molecule has 0 spiro atoms. The van der Waals surface area contributed by atoms with Gasteiger partial charge >= 0.3 is 0 Å². The Labute approximate surface area is 180 Å². The van der Waals surface area contributed by atoms with Crippen molar-refractivity contribution in [2.45, 2.75) is 39.0 Å². The molecule has 1 saturated carbocycles. The van der Waals surface area contributed by atoms with Gasteiger partial charge in [0, 0.05) is 37.4 Å². The van der Waals surface area contributed by atoms with Gasteiger partial charge in [0.2, 0.25) is 5.91 Å². The molecule has 31 heavy (non-hydrogen) atoms. The highest BCUT2D eigenvalue weighted by Crippen LogP contribution is 2.49. The van der Waals surface area contributed by atoms with Gasteiger partial charge < -0.3 is 14.6 Å². The summed E-state index contributed by atoms with van der Waals surface area (Å²) in [7, 11) is 1.82. The standard InChI is InChI=1S/C23H28N6O2/c1-12(13-3-5-31-6-4-13)23(30)29(2)16-10-19-21(24-11-16)26-22(25-19)20-17-8-14-7-15(14)9-18(17)27-28-20/h10-15H,3-9H2,1-2H3,(H,27,28)(H,24,25,26)/t12-,14?,15?/m1/s1. The summed E-state index contributed by atoms with van der Waals surface area (Å²) in [6, 6.07) is 1.94. The van der Waals surface area contributed by atoms with Gasteiger partial charge in [0.1, 0.15) is 11.2 Å². The first-order chi connectivity index (χ1) is 15.1. The second-order valence-corrected chi connectivity index (χ2v) is 9.48. The Bertz CT molecular complexity index is 1140. The lowest BCUT2D eigenvalue weighted by molar-refractivity contribution is -0.124. The van der Waals surface area contributed by atoms with Crippen LogP contribution in [0.5, 0.6) is 0 Å². The summed E-state index contributed by atoms with van der Waals surface area (Å²) in [4.78, 5) is 27.5. The number of imidazole rings is 1. The Morgan fingerprint density at radius 2 is 2.06 bits per heavy atom. The number of H-pyrrole nitrogens is 2. The minimum atomic E-state index is -0.0406. The second kappa shape index (κ2) is 7.15. The predicted molar refractivity (Wildman–Crippen MR) is 117 cm³/mol. The molecule has 3 atom stereocenters. The quantitative estimate of drug-likeness (QED) is 0.676. The Hall–Kier alpha value is -2.74. The van der Waals surface area contributed by atoms with Crippen LogP contribution in [0.15, 0.2) is 12.3 Å². The number of carbonyl (C=O) groups is 1. The summed E-state index contributed by atoms with van der Waals surface area (Å²) < 4.78 is 5.44. The molecular weight excluding hydrogens is 392 g/mol. The zero-order valence-corrected chi connectivity index (χ0v) is 18.0. The number of aromatic nitrogens is 5. The van der Waals surface area contributed by atoms with E-state index in [-0.39, 0.29) is 11.8 Å². The molecule has 0 aromatic carbocycles. The van der Waals surface area contributed by atoms with Crippen molar-refractivity contribution < 1.29 is 9.53 Å². The second-order valence-electron chi connectivity index (χ2n) is 9.48. The normalized spacial score (nSPS) is 23.9. The molecule has 2 unspecified atom stereocenters. The number of ether oxygens (including phenoxy) is 1. The molecule has 1 aliphatic heterocycles. The monoisotopic (exact) mass is 420 g/mol. The highest BCUT2D eigenvalue weighted by atomic mass is 16.5. The fraction of sp³-hybridized carbons (Fsp3) is 0.565. The van der Waals surface area contributed by atoms with Crippen molar-refractivity contribution in [3.8, 4) is 11.5 Å². The van der Waals surface area contributed by atoms with Gasteiger partial charge in [-0.3, -0.25) is 9.89 Å². The lowest BCUT2D eigenvalue weighted by Gasteiger charge is -2.29. The third kappa shape index (κ3) is 3.24. The topological polar surface area (TPSA) is 99.8 Å². The fourth-order valence-electron chi connectivity index (χ4n) is 5.35. The van der Waals surface area contributed by atoms with E-state index in [1.54, 1.807) is 11.1 Å². The average Bonchev–Trinajstić information content (AvgIpc) is 3.24. The van der Waals surface area contributed by atoms with Crippen LogP contribution in [0.3, 0.4) is 0 Å². The van der Waals surface area contributed by atoms with Crippen molar-refractivity contribution >= 4 is 22.8 Å². The molecule has 2 N–H and O–H groups in total. The summed E-state index contributed by atoms with van der Waals surface area (Å²) in [6.45, 7) is 3.51. The van der Waals surface area contributed by atoms with Gasteiger partial charge in [-0.2, -0.15) is 5.10 Å². The third-order valence-corrected chi connectivity index (χ3v) is 7.58. The van der Waals surface area contributed by atoms with E-state index in [0.717, 1.165) is 73.5 Å². The smallest absolute Gasteiger partial charge is 0.229 e. The van der Waals surface area contributed by atoms with Crippen LogP contribution in [0, 0.1) is 23.7 Å². The maximum absolute atomic E-state index is 13.1. The first kappa shape index (κ1) is 19.0. The Morgan fingerprint density at radius 1 is 1.26 bits per heavy atom. The molecule has 3 aromatic heterocycles. The van der Waals surface area contributed by atoms with Crippen LogP contribution in [-0.4, -0.2) is 51.3 Å². The van der Waals surface area contributed by atoms with E-state index in [0.29, 0.717) is 11.6 Å². The largest absolute Gasteiger partial charge is 0.381 e. The number of hydrogen-bond acceptors (Lipinski definition) is 5. The van der Waals surface area contributed by atoms with Gasteiger partial charge in [-0.05, 0) is 55.9 Å². The first-order valence-electron chi connectivity index (χ1n) is 11.4.